The summed E-state index contributed by atoms with van der Waals surface area (Å²) in [6.45, 7) is 1.84. The molecule has 0 unspecified atom stereocenters. The van der Waals surface area contributed by atoms with E-state index < -0.39 is 29.9 Å². The van der Waals surface area contributed by atoms with Crippen molar-refractivity contribution in [2.45, 2.75) is 31.8 Å². The van der Waals surface area contributed by atoms with Crippen LogP contribution >= 0.6 is 0 Å². The fourth-order valence-electron chi connectivity index (χ4n) is 1.82. The van der Waals surface area contributed by atoms with Gasteiger partial charge >= 0.3 is 11.9 Å². The number of hydrogen-bond donors (Lipinski definition) is 3. The van der Waals surface area contributed by atoms with E-state index in [1.807, 2.05) is 6.07 Å². The largest absolute Gasteiger partial charge is 0.480 e. The topological polar surface area (TPSA) is 119 Å². The lowest BCUT2D eigenvalue weighted by Gasteiger charge is -2.17. The van der Waals surface area contributed by atoms with Crippen molar-refractivity contribution >= 4 is 17.8 Å². The van der Waals surface area contributed by atoms with Crippen molar-refractivity contribution in [1.29, 1.82) is 0 Å². The van der Waals surface area contributed by atoms with Crippen molar-refractivity contribution in [3.05, 3.63) is 35.9 Å². The molecule has 0 aliphatic heterocycles. The lowest BCUT2D eigenvalue weighted by atomic mass is 10.1. The summed E-state index contributed by atoms with van der Waals surface area (Å²) in [5.74, 6) is -2.46. The van der Waals surface area contributed by atoms with Gasteiger partial charge < -0.3 is 20.9 Å². The molecule has 120 valence electrons. The van der Waals surface area contributed by atoms with Gasteiger partial charge in [0.05, 0.1) is 19.1 Å². The van der Waals surface area contributed by atoms with Gasteiger partial charge in [-0.3, -0.25) is 9.59 Å². The number of esters is 1. The lowest BCUT2D eigenvalue weighted by Crippen LogP contribution is -2.50. The van der Waals surface area contributed by atoms with Gasteiger partial charge in [0.15, 0.2) is 0 Å². The Kier molecular flexibility index (Phi) is 7.04. The zero-order chi connectivity index (χ0) is 16.5. The number of amides is 1. The molecule has 7 nitrogen and oxygen atoms in total. The molecule has 0 saturated heterocycles. The summed E-state index contributed by atoms with van der Waals surface area (Å²) in [5, 5.41) is 11.5. The maximum Gasteiger partial charge on any atom is 0.326 e. The Hall–Kier alpha value is -2.41. The van der Waals surface area contributed by atoms with Crippen LogP contribution in [0.15, 0.2) is 30.3 Å². The van der Waals surface area contributed by atoms with E-state index in [4.69, 9.17) is 10.5 Å². The zero-order valence-corrected chi connectivity index (χ0v) is 12.3. The average Bonchev–Trinajstić information content (AvgIpc) is 2.47. The highest BCUT2D eigenvalue weighted by molar-refractivity contribution is 5.89. The molecule has 0 aliphatic rings. The first-order chi connectivity index (χ1) is 10.4. The molecule has 2 atom stereocenters. The molecule has 22 heavy (non-hydrogen) atoms. The predicted octanol–water partition coefficient (Wildman–Crippen LogP) is 0.0790. The number of carbonyl (C=O) groups excluding carboxylic acids is 2. The molecule has 0 radical (unpaired) electrons. The van der Waals surface area contributed by atoms with Crippen LogP contribution in [0.2, 0.25) is 0 Å². The predicted molar refractivity (Wildman–Crippen MR) is 78.9 cm³/mol. The minimum absolute atomic E-state index is 0.133. The van der Waals surface area contributed by atoms with E-state index in [2.05, 4.69) is 5.32 Å². The van der Waals surface area contributed by atoms with Gasteiger partial charge in [0, 0.05) is 6.42 Å². The zero-order valence-electron chi connectivity index (χ0n) is 12.3. The fraction of sp³-hybridized carbons (Fsp3) is 0.400. The molecule has 1 amide bonds. The molecule has 0 aromatic heterocycles. The Bertz CT molecular complexity index is 518. The number of carboxylic acids is 1. The van der Waals surface area contributed by atoms with E-state index in [0.29, 0.717) is 0 Å². The summed E-state index contributed by atoms with van der Waals surface area (Å²) in [6, 6.07) is 6.65. The summed E-state index contributed by atoms with van der Waals surface area (Å²) in [6.07, 6.45) is -0.161. The number of aliphatic carboxylic acids is 1. The quantitative estimate of drug-likeness (QED) is 0.585. The van der Waals surface area contributed by atoms with Crippen molar-refractivity contribution in [3.63, 3.8) is 0 Å². The van der Waals surface area contributed by atoms with Gasteiger partial charge in [0.25, 0.3) is 0 Å². The van der Waals surface area contributed by atoms with E-state index >= 15 is 0 Å². The molecule has 0 aliphatic carbocycles. The second-order valence-corrected chi connectivity index (χ2v) is 4.70. The highest BCUT2D eigenvalue weighted by Crippen LogP contribution is 2.04. The smallest absolute Gasteiger partial charge is 0.326 e. The maximum absolute atomic E-state index is 11.9. The van der Waals surface area contributed by atoms with Crippen LogP contribution in [0.25, 0.3) is 0 Å². The van der Waals surface area contributed by atoms with Crippen LogP contribution < -0.4 is 11.1 Å². The summed E-state index contributed by atoms with van der Waals surface area (Å²) in [7, 11) is 0. The molecule has 1 rings (SSSR count). The van der Waals surface area contributed by atoms with Crippen LogP contribution in [0, 0.1) is 0 Å². The summed E-state index contributed by atoms with van der Waals surface area (Å²) in [5.41, 5.74) is 6.36. The van der Waals surface area contributed by atoms with Gasteiger partial charge in [-0.25, -0.2) is 4.79 Å². The third-order valence-electron chi connectivity index (χ3n) is 2.93. The highest BCUT2D eigenvalue weighted by Gasteiger charge is 2.25. The first-order valence-electron chi connectivity index (χ1n) is 6.92. The standard InChI is InChI=1S/C15H20N2O5/c1-2-22-13(18)9-11(16)14(19)17-12(15(20)21)8-10-6-4-3-5-7-10/h3-7,11-12H,2,8-9,16H2,1H3,(H,17,19)(H,20,21)/t11-,12-/m0/s1. The number of carbonyl (C=O) groups is 3. The van der Waals surface area contributed by atoms with E-state index in [1.165, 1.54) is 0 Å². The number of benzene rings is 1. The van der Waals surface area contributed by atoms with Crippen LogP contribution in [0.3, 0.4) is 0 Å². The third-order valence-corrected chi connectivity index (χ3v) is 2.93. The number of hydrogen-bond acceptors (Lipinski definition) is 5. The number of carboxylic acid groups (broad SMARTS) is 1. The Morgan fingerprint density at radius 1 is 1.27 bits per heavy atom. The van der Waals surface area contributed by atoms with Gasteiger partial charge in [0.2, 0.25) is 5.91 Å². The molecule has 1 aromatic rings. The van der Waals surface area contributed by atoms with Crippen LogP contribution in [0.1, 0.15) is 18.9 Å². The summed E-state index contributed by atoms with van der Waals surface area (Å²) < 4.78 is 4.70. The molecule has 0 bridgehead atoms. The van der Waals surface area contributed by atoms with Gasteiger partial charge in [0.1, 0.15) is 6.04 Å². The van der Waals surface area contributed by atoms with Gasteiger partial charge in [-0.1, -0.05) is 30.3 Å². The normalized spacial score (nSPS) is 13.0. The van der Waals surface area contributed by atoms with E-state index in [1.54, 1.807) is 31.2 Å². The minimum atomic E-state index is -1.17. The van der Waals surface area contributed by atoms with Crippen molar-refractivity contribution in [3.8, 4) is 0 Å². The van der Waals surface area contributed by atoms with Crippen LogP contribution in [-0.2, 0) is 25.5 Å². The average molecular weight is 308 g/mol. The Balaban J connectivity index is 2.61. The summed E-state index contributed by atoms with van der Waals surface area (Å²) in [4.78, 5) is 34.4. The highest BCUT2D eigenvalue weighted by atomic mass is 16.5. The lowest BCUT2D eigenvalue weighted by molar-refractivity contribution is -0.145. The molecule has 0 saturated carbocycles. The molecular weight excluding hydrogens is 288 g/mol. The van der Waals surface area contributed by atoms with Crippen molar-refractivity contribution in [1.82, 2.24) is 5.32 Å². The fourth-order valence-corrected chi connectivity index (χ4v) is 1.82. The molecule has 0 spiro atoms. The van der Waals surface area contributed by atoms with Crippen molar-refractivity contribution in [2.75, 3.05) is 6.61 Å². The van der Waals surface area contributed by atoms with E-state index in [-0.39, 0.29) is 19.4 Å². The monoisotopic (exact) mass is 308 g/mol. The first kappa shape index (κ1) is 17.6. The molecular formula is C15H20N2O5. The molecule has 1 aromatic carbocycles. The van der Waals surface area contributed by atoms with E-state index in [9.17, 15) is 19.5 Å². The number of rotatable bonds is 8. The van der Waals surface area contributed by atoms with E-state index in [0.717, 1.165) is 5.56 Å². The number of nitrogens with one attached hydrogen (secondary N) is 1. The van der Waals surface area contributed by atoms with Crippen molar-refractivity contribution < 1.29 is 24.2 Å². The van der Waals surface area contributed by atoms with Crippen LogP contribution in [0.5, 0.6) is 0 Å². The molecule has 7 heteroatoms. The first-order valence-corrected chi connectivity index (χ1v) is 6.92. The van der Waals surface area contributed by atoms with Crippen LogP contribution in [0.4, 0.5) is 0 Å². The second kappa shape index (κ2) is 8.78. The van der Waals surface area contributed by atoms with Gasteiger partial charge in [-0.2, -0.15) is 0 Å². The van der Waals surface area contributed by atoms with Gasteiger partial charge in [-0.05, 0) is 12.5 Å². The van der Waals surface area contributed by atoms with Crippen LogP contribution in [-0.4, -0.2) is 41.6 Å². The minimum Gasteiger partial charge on any atom is -0.480 e. The van der Waals surface area contributed by atoms with Gasteiger partial charge in [-0.15, -0.1) is 0 Å². The molecule has 0 fully saturated rings. The SMILES string of the molecule is CCOC(=O)C[C@H](N)C(=O)N[C@@H](Cc1ccccc1)C(=O)O. The summed E-state index contributed by atoms with van der Waals surface area (Å²) >= 11 is 0. The third kappa shape index (κ3) is 5.92. The Labute approximate surface area is 128 Å². The number of ether oxygens (including phenoxy) is 1. The van der Waals surface area contributed by atoms with Crippen molar-refractivity contribution in [2.24, 2.45) is 5.73 Å². The Morgan fingerprint density at radius 3 is 2.45 bits per heavy atom. The number of nitrogens with two attached hydrogens (primary N) is 1. The maximum atomic E-state index is 11.9. The second-order valence-electron chi connectivity index (χ2n) is 4.70. The molecule has 4 N–H and O–H groups in total. The Morgan fingerprint density at radius 2 is 1.91 bits per heavy atom. The molecule has 0 heterocycles.